The Balaban J connectivity index is 1.43. The highest BCUT2D eigenvalue weighted by atomic mass is 15.2. The van der Waals surface area contributed by atoms with E-state index in [0.29, 0.717) is 0 Å². The standard InChI is InChI=1S/C44H44N2/c1-7-14-36(6)46(41(15-8-2)16-9-3)44-33-29-40(30-34-44)26-24-38-21-19-37(20-22-38)23-25-39-27-31-43(32-28-39)45(35(5)10-4)42-17-12-11-13-18-42/h7-34H,1-2H2,3-6H3/b16-9-,25-23+,26-24+,35-10+,36-14+,41-15+. The molecule has 0 spiro atoms. The molecule has 0 fully saturated rings. The highest BCUT2D eigenvalue weighted by Gasteiger charge is 2.12. The molecule has 0 amide bonds. The van der Waals surface area contributed by atoms with Crippen LogP contribution in [0.3, 0.4) is 0 Å². The third-order valence-corrected chi connectivity index (χ3v) is 7.56. The lowest BCUT2D eigenvalue weighted by Crippen LogP contribution is -2.19. The molecule has 4 aromatic carbocycles. The first-order valence-corrected chi connectivity index (χ1v) is 15.7. The van der Waals surface area contributed by atoms with Gasteiger partial charge in [-0.1, -0.05) is 128 Å². The second-order valence-corrected chi connectivity index (χ2v) is 10.8. The molecule has 0 aliphatic carbocycles. The number of anilines is 3. The lowest BCUT2D eigenvalue weighted by Gasteiger charge is -2.27. The van der Waals surface area contributed by atoms with Gasteiger partial charge in [0.25, 0.3) is 0 Å². The van der Waals surface area contributed by atoms with Crippen LogP contribution in [0, 0.1) is 0 Å². The van der Waals surface area contributed by atoms with E-state index in [1.807, 2.05) is 43.4 Å². The maximum Gasteiger partial charge on any atom is 0.0458 e. The minimum atomic E-state index is 1.04. The lowest BCUT2D eigenvalue weighted by molar-refractivity contribution is 1.10. The molecule has 2 nitrogen and oxygen atoms in total. The van der Waals surface area contributed by atoms with Gasteiger partial charge in [-0.2, -0.15) is 0 Å². The van der Waals surface area contributed by atoms with Crippen molar-refractivity contribution >= 4 is 41.4 Å². The molecule has 4 rings (SSSR count). The molecule has 0 atom stereocenters. The highest BCUT2D eigenvalue weighted by molar-refractivity contribution is 5.75. The van der Waals surface area contributed by atoms with Crippen molar-refractivity contribution in [1.29, 1.82) is 0 Å². The van der Waals surface area contributed by atoms with E-state index in [-0.39, 0.29) is 0 Å². The van der Waals surface area contributed by atoms with Crippen LogP contribution < -0.4 is 9.80 Å². The van der Waals surface area contributed by atoms with Gasteiger partial charge in [0.1, 0.15) is 0 Å². The first kappa shape index (κ1) is 33.3. The van der Waals surface area contributed by atoms with Gasteiger partial charge in [-0.15, -0.1) is 0 Å². The van der Waals surface area contributed by atoms with Crippen molar-refractivity contribution in [2.24, 2.45) is 0 Å². The van der Waals surface area contributed by atoms with Gasteiger partial charge in [0, 0.05) is 34.2 Å². The number of para-hydroxylation sites is 1. The number of rotatable bonds is 13. The fourth-order valence-electron chi connectivity index (χ4n) is 5.13. The molecule has 0 aliphatic heterocycles. The van der Waals surface area contributed by atoms with Gasteiger partial charge >= 0.3 is 0 Å². The Hall–Kier alpha value is -5.60. The highest BCUT2D eigenvalue weighted by Crippen LogP contribution is 2.30. The predicted octanol–water partition coefficient (Wildman–Crippen LogP) is 12.6. The summed E-state index contributed by atoms with van der Waals surface area (Å²) in [6.45, 7) is 16.1. The topological polar surface area (TPSA) is 6.48 Å². The molecule has 0 saturated carbocycles. The molecular weight excluding hydrogens is 556 g/mol. The summed E-state index contributed by atoms with van der Waals surface area (Å²) in [5, 5.41) is 0. The van der Waals surface area contributed by atoms with E-state index in [2.05, 4.69) is 177 Å². The van der Waals surface area contributed by atoms with Gasteiger partial charge in [0.05, 0.1) is 0 Å². The summed E-state index contributed by atoms with van der Waals surface area (Å²) in [6.07, 6.45) is 22.5. The first-order chi connectivity index (χ1) is 22.5. The predicted molar refractivity (Wildman–Crippen MR) is 205 cm³/mol. The molecule has 0 heterocycles. The Kier molecular flexibility index (Phi) is 12.3. The molecule has 0 unspecified atom stereocenters. The van der Waals surface area contributed by atoms with Crippen LogP contribution in [0.2, 0.25) is 0 Å². The number of nitrogens with zero attached hydrogens (tertiary/aromatic N) is 2. The summed E-state index contributed by atoms with van der Waals surface area (Å²) < 4.78 is 0. The van der Waals surface area contributed by atoms with Gasteiger partial charge < -0.3 is 9.80 Å². The van der Waals surface area contributed by atoms with Crippen molar-refractivity contribution in [2.75, 3.05) is 9.80 Å². The van der Waals surface area contributed by atoms with Crippen LogP contribution in [0.15, 0.2) is 176 Å². The molecule has 230 valence electrons. The Labute approximate surface area is 276 Å². The Morgan fingerprint density at radius 3 is 1.39 bits per heavy atom. The third kappa shape index (κ3) is 8.97. The summed E-state index contributed by atoms with van der Waals surface area (Å²) in [6, 6.07) is 36.3. The molecule has 0 bridgehead atoms. The average Bonchev–Trinajstić information content (AvgIpc) is 3.09. The largest absolute Gasteiger partial charge is 0.315 e. The van der Waals surface area contributed by atoms with Crippen molar-refractivity contribution in [2.45, 2.75) is 27.7 Å². The number of hydrogen-bond acceptors (Lipinski definition) is 2. The smallest absolute Gasteiger partial charge is 0.0458 e. The van der Waals surface area contributed by atoms with Crippen molar-refractivity contribution in [3.63, 3.8) is 0 Å². The molecule has 0 N–H and O–H groups in total. The summed E-state index contributed by atoms with van der Waals surface area (Å²) in [4.78, 5) is 4.47. The second kappa shape index (κ2) is 17.0. The van der Waals surface area contributed by atoms with Crippen LogP contribution in [0.4, 0.5) is 17.1 Å². The summed E-state index contributed by atoms with van der Waals surface area (Å²) >= 11 is 0. The van der Waals surface area contributed by atoms with Gasteiger partial charge in [0.2, 0.25) is 0 Å². The maximum absolute atomic E-state index is 3.89. The molecule has 0 radical (unpaired) electrons. The zero-order valence-corrected chi connectivity index (χ0v) is 27.5. The maximum atomic E-state index is 3.89. The van der Waals surface area contributed by atoms with Crippen molar-refractivity contribution in [3.05, 3.63) is 198 Å². The van der Waals surface area contributed by atoms with E-state index in [4.69, 9.17) is 0 Å². The fourth-order valence-corrected chi connectivity index (χ4v) is 5.13. The van der Waals surface area contributed by atoms with Crippen LogP contribution in [0.1, 0.15) is 49.9 Å². The molecule has 0 saturated heterocycles. The lowest BCUT2D eigenvalue weighted by atomic mass is 10.1. The SMILES string of the molecule is C=C/C=C(\C)N(C(/C=C\C)=C/C=C)c1ccc(/C=C/c2ccc(/C=C/c3ccc(N(/C(C)=C/C)c4ccccc4)cc3)cc2)cc1. The van der Waals surface area contributed by atoms with E-state index in [0.717, 1.165) is 50.7 Å². The van der Waals surface area contributed by atoms with Crippen LogP contribution in [0.5, 0.6) is 0 Å². The third-order valence-electron chi connectivity index (χ3n) is 7.56. The van der Waals surface area contributed by atoms with Gasteiger partial charge in [-0.25, -0.2) is 0 Å². The average molecular weight is 601 g/mol. The van der Waals surface area contributed by atoms with Crippen molar-refractivity contribution in [3.8, 4) is 0 Å². The summed E-state index contributed by atoms with van der Waals surface area (Å²) in [5.41, 5.74) is 11.3. The van der Waals surface area contributed by atoms with Gasteiger partial charge in [-0.05, 0) is 105 Å². The molecule has 2 heteroatoms. The van der Waals surface area contributed by atoms with E-state index < -0.39 is 0 Å². The monoisotopic (exact) mass is 600 g/mol. The van der Waals surface area contributed by atoms with E-state index in [9.17, 15) is 0 Å². The van der Waals surface area contributed by atoms with E-state index >= 15 is 0 Å². The number of allylic oxidation sites excluding steroid dienone is 9. The van der Waals surface area contributed by atoms with Gasteiger partial charge in [0.15, 0.2) is 0 Å². The fraction of sp³-hybridized carbons (Fsp3) is 0.0909. The Morgan fingerprint density at radius 2 is 0.957 bits per heavy atom. The number of hydrogen-bond donors (Lipinski definition) is 0. The summed E-state index contributed by atoms with van der Waals surface area (Å²) in [7, 11) is 0. The molecule has 0 aromatic heterocycles. The Bertz CT molecular complexity index is 1760. The van der Waals surface area contributed by atoms with Crippen LogP contribution in [0.25, 0.3) is 24.3 Å². The Morgan fingerprint density at radius 1 is 0.522 bits per heavy atom. The minimum absolute atomic E-state index is 1.04. The van der Waals surface area contributed by atoms with Crippen LogP contribution in [-0.2, 0) is 0 Å². The number of benzene rings is 4. The van der Waals surface area contributed by atoms with Crippen molar-refractivity contribution in [1.82, 2.24) is 0 Å². The van der Waals surface area contributed by atoms with E-state index in [1.54, 1.807) is 0 Å². The zero-order valence-electron chi connectivity index (χ0n) is 27.5. The normalized spacial score (nSPS) is 12.7. The van der Waals surface area contributed by atoms with Crippen molar-refractivity contribution < 1.29 is 0 Å². The zero-order chi connectivity index (χ0) is 32.7. The summed E-state index contributed by atoms with van der Waals surface area (Å²) in [5.74, 6) is 0. The molecule has 4 aromatic rings. The van der Waals surface area contributed by atoms with E-state index in [1.165, 1.54) is 5.70 Å². The molecule has 0 aliphatic rings. The second-order valence-electron chi connectivity index (χ2n) is 10.8. The first-order valence-electron chi connectivity index (χ1n) is 15.7. The molecular formula is C44H44N2. The van der Waals surface area contributed by atoms with Crippen LogP contribution in [-0.4, -0.2) is 0 Å². The van der Waals surface area contributed by atoms with Gasteiger partial charge in [-0.3, -0.25) is 0 Å². The van der Waals surface area contributed by atoms with Crippen LogP contribution >= 0.6 is 0 Å². The molecule has 46 heavy (non-hydrogen) atoms. The minimum Gasteiger partial charge on any atom is -0.315 e. The quantitative estimate of drug-likeness (QED) is 0.111.